The number of rotatable bonds is 7. The van der Waals surface area contributed by atoms with E-state index in [-0.39, 0.29) is 11.8 Å². The molecule has 1 fully saturated rings. The Hall–Kier alpha value is -0.130. The normalized spacial score (nSPS) is 19.1. The molecule has 1 aliphatic rings. The van der Waals surface area contributed by atoms with Gasteiger partial charge < -0.3 is 5.32 Å². The van der Waals surface area contributed by atoms with Crippen LogP contribution in [0.4, 0.5) is 0 Å². The Bertz CT molecular complexity index is 283. The van der Waals surface area contributed by atoms with Gasteiger partial charge in [-0.2, -0.15) is 0 Å². The van der Waals surface area contributed by atoms with Crippen molar-refractivity contribution in [3.63, 3.8) is 0 Å². The van der Waals surface area contributed by atoms with Gasteiger partial charge in [0.05, 0.1) is 5.75 Å². The third-order valence-electron chi connectivity index (χ3n) is 3.22. The molecular formula is C12H26N2O2S. The summed E-state index contributed by atoms with van der Waals surface area (Å²) in [5, 5.41) is 3.14. The Balaban J connectivity index is 2.26. The van der Waals surface area contributed by atoms with Crippen LogP contribution in [0.3, 0.4) is 0 Å². The molecular weight excluding hydrogens is 236 g/mol. The predicted octanol–water partition coefficient (Wildman–Crippen LogP) is 1.63. The molecule has 0 saturated heterocycles. The van der Waals surface area contributed by atoms with Gasteiger partial charge in [0.15, 0.2) is 0 Å². The van der Waals surface area contributed by atoms with Crippen LogP contribution in [0.15, 0.2) is 0 Å². The van der Waals surface area contributed by atoms with Gasteiger partial charge in [0, 0.05) is 6.04 Å². The van der Waals surface area contributed by atoms with E-state index in [2.05, 4.69) is 10.0 Å². The fraction of sp³-hybridized carbons (Fsp3) is 1.00. The first-order chi connectivity index (χ1) is 8.14. The van der Waals surface area contributed by atoms with Crippen molar-refractivity contribution in [3.05, 3.63) is 0 Å². The molecule has 17 heavy (non-hydrogen) atoms. The van der Waals surface area contributed by atoms with Gasteiger partial charge in [0.1, 0.15) is 0 Å². The number of sulfonamides is 1. The van der Waals surface area contributed by atoms with Crippen molar-refractivity contribution < 1.29 is 8.42 Å². The molecule has 0 unspecified atom stereocenters. The van der Waals surface area contributed by atoms with Crippen LogP contribution < -0.4 is 10.0 Å². The molecule has 0 aromatic rings. The van der Waals surface area contributed by atoms with E-state index in [9.17, 15) is 8.42 Å². The van der Waals surface area contributed by atoms with Gasteiger partial charge in [-0.3, -0.25) is 0 Å². The lowest BCUT2D eigenvalue weighted by Gasteiger charge is -2.16. The second-order valence-corrected chi connectivity index (χ2v) is 6.71. The smallest absolute Gasteiger partial charge is 0.211 e. The van der Waals surface area contributed by atoms with Crippen molar-refractivity contribution in [1.82, 2.24) is 10.0 Å². The van der Waals surface area contributed by atoms with Gasteiger partial charge in [0.25, 0.3) is 0 Å². The number of hydrogen-bond acceptors (Lipinski definition) is 3. The predicted molar refractivity (Wildman–Crippen MR) is 71.6 cm³/mol. The van der Waals surface area contributed by atoms with E-state index < -0.39 is 10.0 Å². The molecule has 4 nitrogen and oxygen atoms in total. The van der Waals surface area contributed by atoms with Gasteiger partial charge in [-0.05, 0) is 32.4 Å². The molecule has 0 bridgehead atoms. The summed E-state index contributed by atoms with van der Waals surface area (Å²) in [5.41, 5.74) is 0. The SMILES string of the molecule is CCNCCCS(=O)(=O)NC1CCCCCC1. The summed E-state index contributed by atoms with van der Waals surface area (Å²) in [6, 6.07) is 0.182. The highest BCUT2D eigenvalue weighted by atomic mass is 32.2. The van der Waals surface area contributed by atoms with Gasteiger partial charge >= 0.3 is 0 Å². The summed E-state index contributed by atoms with van der Waals surface area (Å²) >= 11 is 0. The highest BCUT2D eigenvalue weighted by molar-refractivity contribution is 7.89. The fourth-order valence-corrected chi connectivity index (χ4v) is 3.66. The standard InChI is InChI=1S/C12H26N2O2S/c1-2-13-10-7-11-17(15,16)14-12-8-5-3-4-6-9-12/h12-14H,2-11H2,1H3. The first-order valence-corrected chi connectivity index (χ1v) is 8.50. The Morgan fingerprint density at radius 2 is 1.76 bits per heavy atom. The molecule has 102 valence electrons. The van der Waals surface area contributed by atoms with Crippen LogP contribution in [0.25, 0.3) is 0 Å². The van der Waals surface area contributed by atoms with Crippen molar-refractivity contribution in [2.45, 2.75) is 57.9 Å². The largest absolute Gasteiger partial charge is 0.317 e. The summed E-state index contributed by atoms with van der Waals surface area (Å²) in [5.74, 6) is 0.247. The van der Waals surface area contributed by atoms with E-state index in [0.717, 1.165) is 38.8 Å². The molecule has 0 spiro atoms. The minimum absolute atomic E-state index is 0.182. The van der Waals surface area contributed by atoms with Gasteiger partial charge in [-0.25, -0.2) is 13.1 Å². The summed E-state index contributed by atoms with van der Waals surface area (Å²) in [6.07, 6.45) is 7.52. The van der Waals surface area contributed by atoms with Crippen molar-refractivity contribution in [2.24, 2.45) is 0 Å². The third-order valence-corrected chi connectivity index (χ3v) is 4.74. The molecule has 1 rings (SSSR count). The van der Waals surface area contributed by atoms with Gasteiger partial charge in [-0.1, -0.05) is 32.6 Å². The molecule has 0 aliphatic heterocycles. The highest BCUT2D eigenvalue weighted by Gasteiger charge is 2.18. The highest BCUT2D eigenvalue weighted by Crippen LogP contribution is 2.17. The van der Waals surface area contributed by atoms with Crippen LogP contribution in [0.2, 0.25) is 0 Å². The average Bonchev–Trinajstić information content (AvgIpc) is 2.52. The molecule has 0 aromatic carbocycles. The van der Waals surface area contributed by atoms with E-state index in [4.69, 9.17) is 0 Å². The van der Waals surface area contributed by atoms with E-state index in [1.807, 2.05) is 6.92 Å². The summed E-state index contributed by atoms with van der Waals surface area (Å²) in [7, 11) is -3.07. The van der Waals surface area contributed by atoms with Crippen molar-refractivity contribution >= 4 is 10.0 Å². The Labute approximate surface area is 106 Å². The molecule has 0 amide bonds. The maximum atomic E-state index is 11.8. The zero-order valence-electron chi connectivity index (χ0n) is 10.9. The lowest BCUT2D eigenvalue weighted by Crippen LogP contribution is -2.36. The first-order valence-electron chi connectivity index (χ1n) is 6.85. The van der Waals surface area contributed by atoms with E-state index in [0.29, 0.717) is 6.42 Å². The lowest BCUT2D eigenvalue weighted by molar-refractivity contribution is 0.508. The number of hydrogen-bond donors (Lipinski definition) is 2. The van der Waals surface area contributed by atoms with E-state index in [1.54, 1.807) is 0 Å². The fourth-order valence-electron chi connectivity index (χ4n) is 2.27. The quantitative estimate of drug-likeness (QED) is 0.541. The monoisotopic (exact) mass is 262 g/mol. The van der Waals surface area contributed by atoms with Crippen LogP contribution in [-0.4, -0.2) is 33.3 Å². The maximum absolute atomic E-state index is 11.8. The summed E-state index contributed by atoms with van der Waals surface area (Å²) < 4.78 is 26.5. The van der Waals surface area contributed by atoms with E-state index >= 15 is 0 Å². The Morgan fingerprint density at radius 3 is 2.35 bits per heavy atom. The first kappa shape index (κ1) is 14.9. The summed E-state index contributed by atoms with van der Waals surface area (Å²) in [6.45, 7) is 3.70. The summed E-state index contributed by atoms with van der Waals surface area (Å²) in [4.78, 5) is 0. The molecule has 0 radical (unpaired) electrons. The maximum Gasteiger partial charge on any atom is 0.211 e. The minimum Gasteiger partial charge on any atom is -0.317 e. The Kier molecular flexibility index (Phi) is 7.08. The second kappa shape index (κ2) is 8.06. The van der Waals surface area contributed by atoms with Gasteiger partial charge in [0.2, 0.25) is 10.0 Å². The zero-order chi connectivity index (χ0) is 12.6. The average molecular weight is 262 g/mol. The molecule has 1 aliphatic carbocycles. The topological polar surface area (TPSA) is 58.2 Å². The second-order valence-electron chi connectivity index (χ2n) is 4.83. The third kappa shape index (κ3) is 7.01. The zero-order valence-corrected chi connectivity index (χ0v) is 11.7. The van der Waals surface area contributed by atoms with Crippen molar-refractivity contribution in [2.75, 3.05) is 18.8 Å². The molecule has 2 N–H and O–H groups in total. The number of nitrogens with one attached hydrogen (secondary N) is 2. The Morgan fingerprint density at radius 1 is 1.12 bits per heavy atom. The minimum atomic E-state index is -3.07. The molecule has 0 heterocycles. The van der Waals surface area contributed by atoms with Crippen LogP contribution in [-0.2, 0) is 10.0 Å². The van der Waals surface area contributed by atoms with Crippen molar-refractivity contribution in [1.29, 1.82) is 0 Å². The molecule has 1 saturated carbocycles. The van der Waals surface area contributed by atoms with Crippen LogP contribution >= 0.6 is 0 Å². The van der Waals surface area contributed by atoms with Crippen LogP contribution in [0.5, 0.6) is 0 Å². The molecule has 0 aromatic heterocycles. The van der Waals surface area contributed by atoms with E-state index in [1.165, 1.54) is 12.8 Å². The molecule has 5 heteroatoms. The van der Waals surface area contributed by atoms with Gasteiger partial charge in [-0.15, -0.1) is 0 Å². The van der Waals surface area contributed by atoms with Crippen LogP contribution in [0, 0.1) is 0 Å². The molecule has 0 atom stereocenters. The lowest BCUT2D eigenvalue weighted by atomic mass is 10.1. The van der Waals surface area contributed by atoms with Crippen molar-refractivity contribution in [3.8, 4) is 0 Å². The van der Waals surface area contributed by atoms with Crippen LogP contribution in [0.1, 0.15) is 51.9 Å².